The topological polar surface area (TPSA) is 47.3 Å². The van der Waals surface area contributed by atoms with E-state index < -0.39 is 0 Å². The molecule has 3 N–H and O–H groups in total. The first-order valence-corrected chi connectivity index (χ1v) is 6.15. The van der Waals surface area contributed by atoms with Crippen molar-refractivity contribution in [1.82, 2.24) is 5.32 Å². The maximum Gasteiger partial charge on any atom is 0.124 e. The molecule has 0 spiro atoms. The van der Waals surface area contributed by atoms with E-state index in [1.807, 2.05) is 7.05 Å². The molecule has 0 amide bonds. The lowest BCUT2D eigenvalue weighted by molar-refractivity contribution is 0.408. The number of nitrogens with one attached hydrogen (secondary N) is 1. The second kappa shape index (κ2) is 6.62. The SMILES string of the molecule is CNCCCC(N)c1cc(C)c(OC)c(C)c1. The van der Waals surface area contributed by atoms with E-state index in [2.05, 4.69) is 31.3 Å². The molecule has 1 rings (SSSR count). The highest BCUT2D eigenvalue weighted by Crippen LogP contribution is 2.27. The monoisotopic (exact) mass is 236 g/mol. The average Bonchev–Trinajstić information content (AvgIpc) is 2.28. The molecule has 0 saturated carbocycles. The summed E-state index contributed by atoms with van der Waals surface area (Å²) < 4.78 is 5.36. The minimum Gasteiger partial charge on any atom is -0.496 e. The molecule has 0 saturated heterocycles. The quantitative estimate of drug-likeness (QED) is 0.745. The molecule has 3 heteroatoms. The number of ether oxygens (including phenoxy) is 1. The van der Waals surface area contributed by atoms with Gasteiger partial charge in [0.05, 0.1) is 7.11 Å². The largest absolute Gasteiger partial charge is 0.496 e. The molecule has 1 aromatic rings. The van der Waals surface area contributed by atoms with E-state index in [9.17, 15) is 0 Å². The molecule has 1 atom stereocenters. The highest BCUT2D eigenvalue weighted by atomic mass is 16.5. The Kier molecular flexibility index (Phi) is 5.45. The van der Waals surface area contributed by atoms with Crippen LogP contribution in [0.3, 0.4) is 0 Å². The maximum atomic E-state index is 6.20. The molecular formula is C14H24N2O. The summed E-state index contributed by atoms with van der Waals surface area (Å²) in [7, 11) is 3.68. The van der Waals surface area contributed by atoms with Gasteiger partial charge in [0.15, 0.2) is 0 Å². The van der Waals surface area contributed by atoms with Crippen LogP contribution in [0.5, 0.6) is 5.75 Å². The summed E-state index contributed by atoms with van der Waals surface area (Å²) >= 11 is 0. The minimum absolute atomic E-state index is 0.117. The Balaban J connectivity index is 2.77. The van der Waals surface area contributed by atoms with Crippen molar-refractivity contribution in [2.24, 2.45) is 5.73 Å². The van der Waals surface area contributed by atoms with Crippen molar-refractivity contribution in [3.05, 3.63) is 28.8 Å². The molecule has 1 unspecified atom stereocenters. The molecule has 0 aliphatic carbocycles. The number of aryl methyl sites for hydroxylation is 2. The predicted octanol–water partition coefficient (Wildman–Crippen LogP) is 2.31. The van der Waals surface area contributed by atoms with Crippen LogP contribution in [0.1, 0.15) is 35.6 Å². The van der Waals surface area contributed by atoms with Crippen LogP contribution >= 0.6 is 0 Å². The first kappa shape index (κ1) is 14.0. The van der Waals surface area contributed by atoms with E-state index >= 15 is 0 Å². The van der Waals surface area contributed by atoms with Gasteiger partial charge in [-0.05, 0) is 57.0 Å². The van der Waals surface area contributed by atoms with Gasteiger partial charge >= 0.3 is 0 Å². The van der Waals surface area contributed by atoms with Crippen molar-refractivity contribution in [2.45, 2.75) is 32.7 Å². The Bertz CT molecular complexity index is 340. The van der Waals surface area contributed by atoms with Gasteiger partial charge in [-0.25, -0.2) is 0 Å². The van der Waals surface area contributed by atoms with Gasteiger partial charge in [-0.1, -0.05) is 12.1 Å². The normalized spacial score (nSPS) is 12.5. The summed E-state index contributed by atoms with van der Waals surface area (Å²) in [6.45, 7) is 5.15. The second-order valence-electron chi connectivity index (χ2n) is 4.54. The summed E-state index contributed by atoms with van der Waals surface area (Å²) in [6, 6.07) is 4.39. The van der Waals surface area contributed by atoms with Crippen molar-refractivity contribution in [2.75, 3.05) is 20.7 Å². The van der Waals surface area contributed by atoms with Crippen LogP contribution in [0.4, 0.5) is 0 Å². The maximum absolute atomic E-state index is 6.20. The van der Waals surface area contributed by atoms with Gasteiger partial charge in [-0.2, -0.15) is 0 Å². The number of methoxy groups -OCH3 is 1. The predicted molar refractivity (Wildman–Crippen MR) is 72.6 cm³/mol. The van der Waals surface area contributed by atoms with Gasteiger partial charge in [-0.3, -0.25) is 0 Å². The van der Waals surface area contributed by atoms with Crippen LogP contribution in [-0.4, -0.2) is 20.7 Å². The summed E-state index contributed by atoms with van der Waals surface area (Å²) in [5.41, 5.74) is 9.72. The highest BCUT2D eigenvalue weighted by molar-refractivity contribution is 5.44. The lowest BCUT2D eigenvalue weighted by Crippen LogP contribution is -2.15. The second-order valence-corrected chi connectivity index (χ2v) is 4.54. The highest BCUT2D eigenvalue weighted by Gasteiger charge is 2.10. The summed E-state index contributed by atoms with van der Waals surface area (Å²) in [5, 5.41) is 3.14. The number of benzene rings is 1. The third-order valence-corrected chi connectivity index (χ3v) is 3.06. The summed E-state index contributed by atoms with van der Waals surface area (Å²) in [6.07, 6.45) is 2.10. The smallest absolute Gasteiger partial charge is 0.124 e. The van der Waals surface area contributed by atoms with E-state index in [1.54, 1.807) is 7.11 Å². The third kappa shape index (κ3) is 3.72. The lowest BCUT2D eigenvalue weighted by atomic mass is 9.98. The van der Waals surface area contributed by atoms with Crippen LogP contribution in [-0.2, 0) is 0 Å². The van der Waals surface area contributed by atoms with E-state index in [0.717, 1.165) is 36.3 Å². The van der Waals surface area contributed by atoms with E-state index in [4.69, 9.17) is 10.5 Å². The molecule has 0 aromatic heterocycles. The molecule has 0 aliphatic rings. The van der Waals surface area contributed by atoms with Crippen LogP contribution in [0.25, 0.3) is 0 Å². The zero-order chi connectivity index (χ0) is 12.8. The zero-order valence-electron chi connectivity index (χ0n) is 11.3. The molecule has 0 heterocycles. The number of nitrogens with two attached hydrogens (primary N) is 1. The van der Waals surface area contributed by atoms with Crippen LogP contribution in [0.15, 0.2) is 12.1 Å². The molecule has 96 valence electrons. The van der Waals surface area contributed by atoms with Crippen molar-refractivity contribution in [3.8, 4) is 5.75 Å². The van der Waals surface area contributed by atoms with Crippen molar-refractivity contribution < 1.29 is 4.74 Å². The number of rotatable bonds is 6. The Morgan fingerprint density at radius 3 is 2.35 bits per heavy atom. The lowest BCUT2D eigenvalue weighted by Gasteiger charge is -2.16. The van der Waals surface area contributed by atoms with Gasteiger partial charge in [0, 0.05) is 6.04 Å². The fourth-order valence-electron chi connectivity index (χ4n) is 2.19. The Hall–Kier alpha value is -1.06. The fraction of sp³-hybridized carbons (Fsp3) is 0.571. The standard InChI is InChI=1S/C14H24N2O/c1-10-8-12(9-11(2)14(10)17-4)13(15)6-5-7-16-3/h8-9,13,16H,5-7,15H2,1-4H3. The molecule has 0 radical (unpaired) electrons. The van der Waals surface area contributed by atoms with Crippen LogP contribution < -0.4 is 15.8 Å². The molecule has 1 aromatic carbocycles. The first-order valence-electron chi connectivity index (χ1n) is 6.15. The van der Waals surface area contributed by atoms with Crippen LogP contribution in [0.2, 0.25) is 0 Å². The molecular weight excluding hydrogens is 212 g/mol. The van der Waals surface area contributed by atoms with Crippen molar-refractivity contribution in [1.29, 1.82) is 0 Å². The summed E-state index contributed by atoms with van der Waals surface area (Å²) in [4.78, 5) is 0. The first-order chi connectivity index (χ1) is 8.10. The number of hydrogen-bond donors (Lipinski definition) is 2. The van der Waals surface area contributed by atoms with E-state index in [0.29, 0.717) is 0 Å². The van der Waals surface area contributed by atoms with Gasteiger partial charge in [0.2, 0.25) is 0 Å². The molecule has 0 aliphatic heterocycles. The van der Waals surface area contributed by atoms with Crippen molar-refractivity contribution in [3.63, 3.8) is 0 Å². The minimum atomic E-state index is 0.117. The Labute approximate surface area is 104 Å². The Morgan fingerprint density at radius 2 is 1.88 bits per heavy atom. The average molecular weight is 236 g/mol. The molecule has 17 heavy (non-hydrogen) atoms. The molecule has 0 fully saturated rings. The fourth-order valence-corrected chi connectivity index (χ4v) is 2.19. The molecule has 3 nitrogen and oxygen atoms in total. The van der Waals surface area contributed by atoms with Gasteiger partial charge < -0.3 is 15.8 Å². The van der Waals surface area contributed by atoms with Gasteiger partial charge in [0.1, 0.15) is 5.75 Å². The molecule has 0 bridgehead atoms. The van der Waals surface area contributed by atoms with Gasteiger partial charge in [-0.15, -0.1) is 0 Å². The van der Waals surface area contributed by atoms with Gasteiger partial charge in [0.25, 0.3) is 0 Å². The summed E-state index contributed by atoms with van der Waals surface area (Å²) in [5.74, 6) is 0.969. The van der Waals surface area contributed by atoms with E-state index in [1.165, 1.54) is 5.56 Å². The van der Waals surface area contributed by atoms with E-state index in [-0.39, 0.29) is 6.04 Å². The van der Waals surface area contributed by atoms with Crippen molar-refractivity contribution >= 4 is 0 Å². The van der Waals surface area contributed by atoms with Crippen LogP contribution in [0, 0.1) is 13.8 Å². The zero-order valence-corrected chi connectivity index (χ0v) is 11.3. The number of hydrogen-bond acceptors (Lipinski definition) is 3. The third-order valence-electron chi connectivity index (χ3n) is 3.06. The Morgan fingerprint density at radius 1 is 1.29 bits per heavy atom.